The van der Waals surface area contributed by atoms with Crippen molar-refractivity contribution < 1.29 is 4.74 Å². The van der Waals surface area contributed by atoms with Crippen LogP contribution < -0.4 is 5.32 Å². The summed E-state index contributed by atoms with van der Waals surface area (Å²) in [6.45, 7) is 9.55. The molecule has 2 nitrogen and oxygen atoms in total. The molecule has 0 spiro atoms. The van der Waals surface area contributed by atoms with Gasteiger partial charge in [0.15, 0.2) is 0 Å². The molecule has 0 aromatic heterocycles. The van der Waals surface area contributed by atoms with Crippen molar-refractivity contribution in [3.05, 3.63) is 12.7 Å². The summed E-state index contributed by atoms with van der Waals surface area (Å²) >= 11 is 0. The largest absolute Gasteiger partial charge is 0.377 e. The van der Waals surface area contributed by atoms with Gasteiger partial charge in [0.2, 0.25) is 0 Å². The first-order valence-corrected chi connectivity index (χ1v) is 5.31. The SMILES string of the molecule is C=CCOCCCCCCNCC. The quantitative estimate of drug-likeness (QED) is 0.417. The molecule has 78 valence electrons. The fourth-order valence-corrected chi connectivity index (χ4v) is 1.15. The maximum Gasteiger partial charge on any atom is 0.0644 e. The lowest BCUT2D eigenvalue weighted by atomic mass is 10.2. The van der Waals surface area contributed by atoms with Crippen LogP contribution in [0.4, 0.5) is 0 Å². The molecule has 0 atom stereocenters. The molecule has 0 unspecified atom stereocenters. The second kappa shape index (κ2) is 11.7. The van der Waals surface area contributed by atoms with Crippen molar-refractivity contribution >= 4 is 0 Å². The first-order chi connectivity index (χ1) is 6.41. The highest BCUT2D eigenvalue weighted by Crippen LogP contribution is 1.98. The minimum absolute atomic E-state index is 0.692. The van der Waals surface area contributed by atoms with Crippen molar-refractivity contribution in [1.82, 2.24) is 5.32 Å². The third-order valence-corrected chi connectivity index (χ3v) is 1.88. The molecule has 0 bridgehead atoms. The van der Waals surface area contributed by atoms with Crippen molar-refractivity contribution in [2.45, 2.75) is 32.6 Å². The van der Waals surface area contributed by atoms with Gasteiger partial charge < -0.3 is 10.1 Å². The van der Waals surface area contributed by atoms with Gasteiger partial charge in [-0.3, -0.25) is 0 Å². The third kappa shape index (κ3) is 11.7. The van der Waals surface area contributed by atoms with Crippen LogP contribution >= 0.6 is 0 Å². The summed E-state index contributed by atoms with van der Waals surface area (Å²) in [5.41, 5.74) is 0. The van der Waals surface area contributed by atoms with Crippen molar-refractivity contribution in [1.29, 1.82) is 0 Å². The van der Waals surface area contributed by atoms with E-state index in [4.69, 9.17) is 4.74 Å². The van der Waals surface area contributed by atoms with Crippen LogP contribution in [-0.4, -0.2) is 26.3 Å². The molecule has 0 heterocycles. The van der Waals surface area contributed by atoms with Crippen LogP contribution in [0.5, 0.6) is 0 Å². The predicted molar refractivity (Wildman–Crippen MR) is 58.0 cm³/mol. The molecule has 0 fully saturated rings. The van der Waals surface area contributed by atoms with Gasteiger partial charge in [0.1, 0.15) is 0 Å². The number of ether oxygens (including phenoxy) is 1. The summed E-state index contributed by atoms with van der Waals surface area (Å²) in [6, 6.07) is 0. The average Bonchev–Trinajstić information content (AvgIpc) is 2.16. The molecule has 1 N–H and O–H groups in total. The topological polar surface area (TPSA) is 21.3 Å². The number of hydrogen-bond acceptors (Lipinski definition) is 2. The summed E-state index contributed by atoms with van der Waals surface area (Å²) < 4.78 is 5.28. The lowest BCUT2D eigenvalue weighted by Crippen LogP contribution is -2.13. The number of rotatable bonds is 10. The van der Waals surface area contributed by atoms with Crippen LogP contribution in [0.3, 0.4) is 0 Å². The molecule has 0 radical (unpaired) electrons. The average molecular weight is 185 g/mol. The van der Waals surface area contributed by atoms with Gasteiger partial charge in [-0.2, -0.15) is 0 Å². The number of nitrogens with one attached hydrogen (secondary N) is 1. The lowest BCUT2D eigenvalue weighted by Gasteiger charge is -2.02. The minimum Gasteiger partial charge on any atom is -0.377 e. The Hall–Kier alpha value is -0.340. The summed E-state index contributed by atoms with van der Waals surface area (Å²) in [5, 5.41) is 3.31. The fourth-order valence-electron chi connectivity index (χ4n) is 1.15. The zero-order valence-electron chi connectivity index (χ0n) is 8.85. The smallest absolute Gasteiger partial charge is 0.0644 e. The van der Waals surface area contributed by atoms with Crippen molar-refractivity contribution in [3.8, 4) is 0 Å². The predicted octanol–water partition coefficient (Wildman–Crippen LogP) is 2.36. The van der Waals surface area contributed by atoms with E-state index in [0.29, 0.717) is 6.61 Å². The first-order valence-electron chi connectivity index (χ1n) is 5.31. The minimum atomic E-state index is 0.692. The molecular formula is C11H23NO. The van der Waals surface area contributed by atoms with Crippen LogP contribution in [0.15, 0.2) is 12.7 Å². The normalized spacial score (nSPS) is 10.2. The van der Waals surface area contributed by atoms with Gasteiger partial charge >= 0.3 is 0 Å². The summed E-state index contributed by atoms with van der Waals surface area (Å²) in [7, 11) is 0. The Morgan fingerprint density at radius 3 is 2.69 bits per heavy atom. The molecule has 0 saturated heterocycles. The maximum atomic E-state index is 5.28. The number of unbranched alkanes of at least 4 members (excludes halogenated alkanes) is 3. The van der Waals surface area contributed by atoms with Crippen molar-refractivity contribution in [2.24, 2.45) is 0 Å². The Kier molecular flexibility index (Phi) is 11.4. The molecule has 0 aliphatic heterocycles. The Bertz CT molecular complexity index is 104. The zero-order chi connectivity index (χ0) is 9.78. The van der Waals surface area contributed by atoms with Crippen molar-refractivity contribution in [2.75, 3.05) is 26.3 Å². The molecule has 0 aliphatic carbocycles. The van der Waals surface area contributed by atoms with Gasteiger partial charge in [-0.15, -0.1) is 6.58 Å². The van der Waals surface area contributed by atoms with Gasteiger partial charge in [0.25, 0.3) is 0 Å². The Balaban J connectivity index is 2.79. The zero-order valence-corrected chi connectivity index (χ0v) is 8.85. The molecule has 0 saturated carbocycles. The van der Waals surface area contributed by atoms with E-state index in [9.17, 15) is 0 Å². The standard InChI is InChI=1S/C11H23NO/c1-3-10-13-11-8-6-5-7-9-12-4-2/h3,12H,1,4-11H2,2H3. The van der Waals surface area contributed by atoms with Gasteiger partial charge in [0, 0.05) is 6.61 Å². The Morgan fingerprint density at radius 1 is 1.23 bits per heavy atom. The summed E-state index contributed by atoms with van der Waals surface area (Å²) in [5.74, 6) is 0. The maximum absolute atomic E-state index is 5.28. The van der Waals surface area contributed by atoms with Crippen LogP contribution in [0.1, 0.15) is 32.6 Å². The summed E-state index contributed by atoms with van der Waals surface area (Å²) in [6.07, 6.45) is 6.85. The first kappa shape index (κ1) is 12.7. The van der Waals surface area contributed by atoms with Crippen LogP contribution in [0.25, 0.3) is 0 Å². The molecule has 0 aromatic carbocycles. The van der Waals surface area contributed by atoms with Gasteiger partial charge in [-0.1, -0.05) is 25.8 Å². The highest BCUT2D eigenvalue weighted by Gasteiger charge is 1.89. The van der Waals surface area contributed by atoms with Gasteiger partial charge in [0.05, 0.1) is 6.61 Å². The molecule has 0 rings (SSSR count). The molecule has 0 amide bonds. The number of hydrogen-bond donors (Lipinski definition) is 1. The molecule has 0 aromatic rings. The van der Waals surface area contributed by atoms with E-state index < -0.39 is 0 Å². The Morgan fingerprint density at radius 2 is 2.00 bits per heavy atom. The lowest BCUT2D eigenvalue weighted by molar-refractivity contribution is 0.157. The van der Waals surface area contributed by atoms with Crippen LogP contribution in [0.2, 0.25) is 0 Å². The molecule has 13 heavy (non-hydrogen) atoms. The molecular weight excluding hydrogens is 162 g/mol. The van der Waals surface area contributed by atoms with E-state index in [2.05, 4.69) is 18.8 Å². The third-order valence-electron chi connectivity index (χ3n) is 1.88. The highest BCUT2D eigenvalue weighted by molar-refractivity contribution is 4.63. The summed E-state index contributed by atoms with van der Waals surface area (Å²) in [4.78, 5) is 0. The van der Waals surface area contributed by atoms with E-state index in [-0.39, 0.29) is 0 Å². The van der Waals surface area contributed by atoms with E-state index in [0.717, 1.165) is 19.7 Å². The van der Waals surface area contributed by atoms with E-state index in [1.807, 2.05) is 0 Å². The van der Waals surface area contributed by atoms with E-state index >= 15 is 0 Å². The second-order valence-electron chi connectivity index (χ2n) is 3.13. The second-order valence-corrected chi connectivity index (χ2v) is 3.13. The fraction of sp³-hybridized carbons (Fsp3) is 0.818. The Labute approximate surface area is 82.4 Å². The van der Waals surface area contributed by atoms with Crippen molar-refractivity contribution in [3.63, 3.8) is 0 Å². The monoisotopic (exact) mass is 185 g/mol. The van der Waals surface area contributed by atoms with E-state index in [1.54, 1.807) is 6.08 Å². The molecule has 2 heteroatoms. The van der Waals surface area contributed by atoms with Gasteiger partial charge in [-0.05, 0) is 25.9 Å². The molecule has 0 aliphatic rings. The van der Waals surface area contributed by atoms with Gasteiger partial charge in [-0.25, -0.2) is 0 Å². The van der Waals surface area contributed by atoms with Crippen LogP contribution in [-0.2, 0) is 4.74 Å². The van der Waals surface area contributed by atoms with Crippen LogP contribution in [0, 0.1) is 0 Å². The highest BCUT2D eigenvalue weighted by atomic mass is 16.5. The van der Waals surface area contributed by atoms with E-state index in [1.165, 1.54) is 25.7 Å².